The molecule has 1 amide bonds. The average molecular weight is 359 g/mol. The lowest BCUT2D eigenvalue weighted by atomic mass is 10.1. The minimum Gasteiger partial charge on any atom is -0.497 e. The number of rotatable bonds is 5. The predicted molar refractivity (Wildman–Crippen MR) is 102 cm³/mol. The van der Waals surface area contributed by atoms with Crippen LogP contribution in [0.1, 0.15) is 35.2 Å². The number of ether oxygens (including phenoxy) is 1. The van der Waals surface area contributed by atoms with Gasteiger partial charge in [-0.1, -0.05) is 24.1 Å². The molecule has 1 N–H and O–H groups in total. The van der Waals surface area contributed by atoms with E-state index in [1.807, 2.05) is 18.2 Å². The second-order valence-corrected chi connectivity index (χ2v) is 6.74. The molecule has 25 heavy (non-hydrogen) atoms. The molecule has 0 saturated carbocycles. The van der Waals surface area contributed by atoms with Crippen molar-refractivity contribution in [3.63, 3.8) is 0 Å². The van der Waals surface area contributed by atoms with E-state index in [0.717, 1.165) is 30.9 Å². The number of halogens is 1. The van der Waals surface area contributed by atoms with E-state index in [1.54, 1.807) is 31.4 Å². The molecule has 0 bridgehead atoms. The van der Waals surface area contributed by atoms with Gasteiger partial charge in [0.2, 0.25) is 0 Å². The van der Waals surface area contributed by atoms with Crippen molar-refractivity contribution in [2.45, 2.75) is 25.8 Å². The van der Waals surface area contributed by atoms with E-state index in [4.69, 9.17) is 16.3 Å². The van der Waals surface area contributed by atoms with E-state index < -0.39 is 0 Å². The van der Waals surface area contributed by atoms with Crippen LogP contribution in [0.4, 0.5) is 5.69 Å². The Balaban J connectivity index is 1.69. The Hall–Kier alpha value is -2.04. The van der Waals surface area contributed by atoms with Crippen molar-refractivity contribution in [3.8, 4) is 5.75 Å². The van der Waals surface area contributed by atoms with Crippen LogP contribution >= 0.6 is 11.6 Å². The molecule has 132 valence electrons. The molecule has 4 nitrogen and oxygen atoms in total. The van der Waals surface area contributed by atoms with E-state index in [2.05, 4.69) is 10.2 Å². The second kappa shape index (κ2) is 8.37. The van der Waals surface area contributed by atoms with Gasteiger partial charge in [0.15, 0.2) is 0 Å². The quantitative estimate of drug-likeness (QED) is 0.850. The summed E-state index contributed by atoms with van der Waals surface area (Å²) in [5.41, 5.74) is 2.38. The molecule has 1 heterocycles. The van der Waals surface area contributed by atoms with E-state index in [-0.39, 0.29) is 5.91 Å². The maximum absolute atomic E-state index is 12.4. The van der Waals surface area contributed by atoms with Crippen LogP contribution in [0, 0.1) is 0 Å². The number of likely N-dealkylation sites (tertiary alicyclic amines) is 1. The lowest BCUT2D eigenvalue weighted by Gasteiger charge is -2.26. The maximum atomic E-state index is 12.4. The number of benzene rings is 2. The standard InChI is InChI=1S/C20H23ClN2O2/c1-25-17-8-6-16(7-9-17)20(24)22-19-13-15(5-10-18(19)21)14-23-11-3-2-4-12-23/h5-10,13H,2-4,11-12,14H2,1H3,(H,22,24). The van der Waals surface area contributed by atoms with Gasteiger partial charge in [-0.15, -0.1) is 0 Å². The highest BCUT2D eigenvalue weighted by atomic mass is 35.5. The van der Waals surface area contributed by atoms with Crippen LogP contribution < -0.4 is 10.1 Å². The van der Waals surface area contributed by atoms with Crippen LogP contribution in [-0.2, 0) is 6.54 Å². The summed E-state index contributed by atoms with van der Waals surface area (Å²) in [5, 5.41) is 3.46. The Bertz CT molecular complexity index is 725. The summed E-state index contributed by atoms with van der Waals surface area (Å²) in [7, 11) is 1.60. The van der Waals surface area contributed by atoms with Crippen molar-refractivity contribution in [2.75, 3.05) is 25.5 Å². The van der Waals surface area contributed by atoms with Crippen LogP contribution in [0.25, 0.3) is 0 Å². The first kappa shape index (κ1) is 17.8. The smallest absolute Gasteiger partial charge is 0.255 e. The minimum atomic E-state index is -0.181. The molecule has 5 heteroatoms. The highest BCUT2D eigenvalue weighted by molar-refractivity contribution is 6.34. The topological polar surface area (TPSA) is 41.6 Å². The van der Waals surface area contributed by atoms with Gasteiger partial charge in [-0.2, -0.15) is 0 Å². The predicted octanol–water partition coefficient (Wildman–Crippen LogP) is 4.59. The van der Waals surface area contributed by atoms with Gasteiger partial charge in [-0.05, 0) is 67.9 Å². The van der Waals surface area contributed by atoms with Gasteiger partial charge in [0.05, 0.1) is 17.8 Å². The zero-order valence-corrected chi connectivity index (χ0v) is 15.2. The number of hydrogen-bond donors (Lipinski definition) is 1. The van der Waals surface area contributed by atoms with Crippen molar-refractivity contribution in [2.24, 2.45) is 0 Å². The molecule has 1 aliphatic heterocycles. The minimum absolute atomic E-state index is 0.181. The Morgan fingerprint density at radius 3 is 2.52 bits per heavy atom. The SMILES string of the molecule is COc1ccc(C(=O)Nc2cc(CN3CCCCC3)ccc2Cl)cc1. The van der Waals surface area contributed by atoms with E-state index in [9.17, 15) is 4.79 Å². The van der Waals surface area contributed by atoms with Gasteiger partial charge >= 0.3 is 0 Å². The molecular weight excluding hydrogens is 336 g/mol. The van der Waals surface area contributed by atoms with Crippen LogP contribution in [0.5, 0.6) is 5.75 Å². The molecule has 0 radical (unpaired) electrons. The zero-order chi connectivity index (χ0) is 17.6. The molecule has 3 rings (SSSR count). The number of carbonyl (C=O) groups is 1. The van der Waals surface area contributed by atoms with Gasteiger partial charge in [-0.25, -0.2) is 0 Å². The van der Waals surface area contributed by atoms with E-state index >= 15 is 0 Å². The summed E-state index contributed by atoms with van der Waals surface area (Å²) < 4.78 is 5.12. The summed E-state index contributed by atoms with van der Waals surface area (Å²) in [4.78, 5) is 14.9. The largest absolute Gasteiger partial charge is 0.497 e. The first-order valence-electron chi connectivity index (χ1n) is 8.62. The number of hydrogen-bond acceptors (Lipinski definition) is 3. The Morgan fingerprint density at radius 2 is 1.84 bits per heavy atom. The molecule has 0 aliphatic carbocycles. The van der Waals surface area contributed by atoms with Crippen molar-refractivity contribution < 1.29 is 9.53 Å². The molecule has 1 saturated heterocycles. The molecule has 0 aromatic heterocycles. The molecule has 2 aromatic carbocycles. The van der Waals surface area contributed by atoms with Gasteiger partial charge < -0.3 is 10.1 Å². The van der Waals surface area contributed by atoms with Crippen molar-refractivity contribution in [1.82, 2.24) is 4.90 Å². The Morgan fingerprint density at radius 1 is 1.12 bits per heavy atom. The monoisotopic (exact) mass is 358 g/mol. The number of nitrogens with one attached hydrogen (secondary N) is 1. The van der Waals surface area contributed by atoms with Gasteiger partial charge in [0.1, 0.15) is 5.75 Å². The fourth-order valence-electron chi connectivity index (χ4n) is 3.08. The third kappa shape index (κ3) is 4.74. The normalized spacial score (nSPS) is 15.0. The number of nitrogens with zero attached hydrogens (tertiary/aromatic N) is 1. The van der Waals surface area contributed by atoms with Crippen LogP contribution in [0.3, 0.4) is 0 Å². The molecule has 0 atom stereocenters. The highest BCUT2D eigenvalue weighted by Crippen LogP contribution is 2.25. The van der Waals surface area contributed by atoms with Crippen molar-refractivity contribution >= 4 is 23.2 Å². The van der Waals surface area contributed by atoms with Gasteiger partial charge in [0.25, 0.3) is 5.91 Å². The lowest BCUT2D eigenvalue weighted by molar-refractivity contribution is 0.102. The molecule has 0 spiro atoms. The van der Waals surface area contributed by atoms with Crippen LogP contribution in [0.15, 0.2) is 42.5 Å². The zero-order valence-electron chi connectivity index (χ0n) is 14.4. The first-order valence-corrected chi connectivity index (χ1v) is 9.00. The van der Waals surface area contributed by atoms with Crippen molar-refractivity contribution in [3.05, 3.63) is 58.6 Å². The third-order valence-corrected chi connectivity index (χ3v) is 4.82. The molecular formula is C20H23ClN2O2. The lowest BCUT2D eigenvalue weighted by Crippen LogP contribution is -2.29. The molecule has 2 aromatic rings. The molecule has 0 unspecified atom stereocenters. The Kier molecular flexibility index (Phi) is 5.95. The van der Waals surface area contributed by atoms with Crippen LogP contribution in [-0.4, -0.2) is 31.0 Å². The van der Waals surface area contributed by atoms with Gasteiger partial charge in [0, 0.05) is 12.1 Å². The van der Waals surface area contributed by atoms with E-state index in [1.165, 1.54) is 19.3 Å². The number of piperidine rings is 1. The summed E-state index contributed by atoms with van der Waals surface area (Å²) in [5.74, 6) is 0.540. The fraction of sp³-hybridized carbons (Fsp3) is 0.350. The first-order chi connectivity index (χ1) is 12.2. The highest BCUT2D eigenvalue weighted by Gasteiger charge is 2.13. The number of carbonyl (C=O) groups excluding carboxylic acids is 1. The number of amides is 1. The number of anilines is 1. The van der Waals surface area contributed by atoms with Gasteiger partial charge in [-0.3, -0.25) is 9.69 Å². The average Bonchev–Trinajstić information content (AvgIpc) is 2.65. The summed E-state index contributed by atoms with van der Waals surface area (Å²) in [6.45, 7) is 3.16. The summed E-state index contributed by atoms with van der Waals surface area (Å²) >= 11 is 6.27. The van der Waals surface area contributed by atoms with E-state index in [0.29, 0.717) is 16.3 Å². The summed E-state index contributed by atoms with van der Waals surface area (Å²) in [6, 6.07) is 12.9. The Labute approximate surface area is 153 Å². The van der Waals surface area contributed by atoms with Crippen LogP contribution in [0.2, 0.25) is 5.02 Å². The molecule has 1 fully saturated rings. The third-order valence-electron chi connectivity index (χ3n) is 4.49. The second-order valence-electron chi connectivity index (χ2n) is 6.33. The fourth-order valence-corrected chi connectivity index (χ4v) is 3.24. The summed E-state index contributed by atoms with van der Waals surface area (Å²) in [6.07, 6.45) is 3.84. The maximum Gasteiger partial charge on any atom is 0.255 e. The van der Waals surface area contributed by atoms with Crippen molar-refractivity contribution in [1.29, 1.82) is 0 Å². The number of methoxy groups -OCH3 is 1. The molecule has 1 aliphatic rings.